The lowest BCUT2D eigenvalue weighted by Gasteiger charge is -2.10. The molecule has 0 aliphatic carbocycles. The number of rotatable bonds is 5. The Bertz CT molecular complexity index is 537. The number of amides is 2. The molecule has 0 N–H and O–H groups in total. The van der Waals surface area contributed by atoms with Crippen LogP contribution in [0.4, 0.5) is 4.79 Å². The van der Waals surface area contributed by atoms with Gasteiger partial charge in [-0.05, 0) is 42.0 Å². The maximum absolute atomic E-state index is 12.1. The summed E-state index contributed by atoms with van der Waals surface area (Å²) in [6.07, 6.45) is 3.55. The van der Waals surface area contributed by atoms with Gasteiger partial charge in [0.2, 0.25) is 0 Å². The predicted molar refractivity (Wildman–Crippen MR) is 80.6 cm³/mol. The largest absolute Gasteiger partial charge is 0.497 e. The molecule has 1 aliphatic rings. The van der Waals surface area contributed by atoms with Crippen molar-refractivity contribution in [1.29, 1.82) is 0 Å². The van der Waals surface area contributed by atoms with E-state index >= 15 is 0 Å². The van der Waals surface area contributed by atoms with Crippen molar-refractivity contribution in [3.63, 3.8) is 0 Å². The van der Waals surface area contributed by atoms with Gasteiger partial charge in [-0.15, -0.1) is 0 Å². The molecule has 0 radical (unpaired) electrons. The summed E-state index contributed by atoms with van der Waals surface area (Å²) in [6, 6.07) is 7.37. The van der Waals surface area contributed by atoms with E-state index in [1.165, 1.54) is 4.90 Å². The van der Waals surface area contributed by atoms with E-state index in [1.54, 1.807) is 13.2 Å². The van der Waals surface area contributed by atoms with Gasteiger partial charge in [-0.1, -0.05) is 25.5 Å². The first-order valence-electron chi connectivity index (χ1n) is 6.55. The fraction of sp³-hybridized carbons (Fsp3) is 0.333. The molecule has 1 fully saturated rings. The van der Waals surface area contributed by atoms with Gasteiger partial charge >= 0.3 is 0 Å². The Hall–Kier alpha value is -1.75. The number of imide groups is 1. The third-order valence-corrected chi connectivity index (χ3v) is 3.93. The molecule has 1 aromatic rings. The number of thioether (sulfide) groups is 1. The Balaban J connectivity index is 2.14. The maximum atomic E-state index is 12.1. The van der Waals surface area contributed by atoms with Crippen molar-refractivity contribution in [3.8, 4) is 5.75 Å². The Morgan fingerprint density at radius 3 is 2.55 bits per heavy atom. The normalized spacial score (nSPS) is 17.1. The van der Waals surface area contributed by atoms with Crippen molar-refractivity contribution in [2.75, 3.05) is 13.7 Å². The molecule has 1 saturated heterocycles. The van der Waals surface area contributed by atoms with Gasteiger partial charge in [0.15, 0.2) is 0 Å². The number of carbonyl (C=O) groups is 2. The van der Waals surface area contributed by atoms with E-state index in [4.69, 9.17) is 4.74 Å². The van der Waals surface area contributed by atoms with E-state index in [-0.39, 0.29) is 11.1 Å². The second-order valence-corrected chi connectivity index (χ2v) is 5.45. The summed E-state index contributed by atoms with van der Waals surface area (Å²) in [5.74, 6) is 0.572. The van der Waals surface area contributed by atoms with Gasteiger partial charge in [0.25, 0.3) is 11.1 Å². The molecule has 1 aliphatic heterocycles. The Labute approximate surface area is 122 Å². The molecule has 2 rings (SSSR count). The van der Waals surface area contributed by atoms with E-state index in [9.17, 15) is 9.59 Å². The van der Waals surface area contributed by atoms with Gasteiger partial charge < -0.3 is 4.74 Å². The highest BCUT2D eigenvalue weighted by Gasteiger charge is 2.34. The second kappa shape index (κ2) is 6.61. The highest BCUT2D eigenvalue weighted by atomic mass is 32.2. The number of benzene rings is 1. The van der Waals surface area contributed by atoms with Crippen LogP contribution in [-0.4, -0.2) is 29.7 Å². The predicted octanol–water partition coefficient (Wildman–Crippen LogP) is 3.53. The molecule has 0 saturated carbocycles. The minimum atomic E-state index is -0.190. The molecular weight excluding hydrogens is 274 g/mol. The molecule has 20 heavy (non-hydrogen) atoms. The Kier molecular flexibility index (Phi) is 4.84. The number of ether oxygens (including phenoxy) is 1. The van der Waals surface area contributed by atoms with Gasteiger partial charge in [0, 0.05) is 6.54 Å². The monoisotopic (exact) mass is 291 g/mol. The van der Waals surface area contributed by atoms with Crippen LogP contribution in [0.2, 0.25) is 0 Å². The average molecular weight is 291 g/mol. The van der Waals surface area contributed by atoms with Crippen LogP contribution in [0.25, 0.3) is 6.08 Å². The standard InChI is InChI=1S/C15H17NO3S/c1-3-4-9-16-14(17)13(20-15(16)18)10-11-5-7-12(19-2)8-6-11/h5-8,10H,3-4,9H2,1-2H3. The molecule has 4 nitrogen and oxygen atoms in total. The summed E-state index contributed by atoms with van der Waals surface area (Å²) in [6.45, 7) is 2.54. The van der Waals surface area contributed by atoms with Gasteiger partial charge in [0.1, 0.15) is 5.75 Å². The summed E-state index contributed by atoms with van der Waals surface area (Å²) >= 11 is 1.00. The lowest BCUT2D eigenvalue weighted by Crippen LogP contribution is -2.29. The molecule has 1 aromatic carbocycles. The van der Waals surface area contributed by atoms with Gasteiger partial charge in [0.05, 0.1) is 12.0 Å². The zero-order chi connectivity index (χ0) is 14.5. The first-order valence-corrected chi connectivity index (χ1v) is 7.36. The van der Waals surface area contributed by atoms with Crippen LogP contribution in [0.3, 0.4) is 0 Å². The van der Waals surface area contributed by atoms with Crippen molar-refractivity contribution >= 4 is 29.0 Å². The summed E-state index contributed by atoms with van der Waals surface area (Å²) < 4.78 is 5.08. The number of methoxy groups -OCH3 is 1. The highest BCUT2D eigenvalue weighted by molar-refractivity contribution is 8.18. The van der Waals surface area contributed by atoms with E-state index in [1.807, 2.05) is 31.2 Å². The van der Waals surface area contributed by atoms with Crippen LogP contribution in [0.1, 0.15) is 25.3 Å². The van der Waals surface area contributed by atoms with Crippen LogP contribution in [0.15, 0.2) is 29.2 Å². The Morgan fingerprint density at radius 2 is 1.95 bits per heavy atom. The zero-order valence-corrected chi connectivity index (χ0v) is 12.4. The van der Waals surface area contributed by atoms with Gasteiger partial charge in [-0.2, -0.15) is 0 Å². The summed E-state index contributed by atoms with van der Waals surface area (Å²) in [4.78, 5) is 25.7. The van der Waals surface area contributed by atoms with Crippen molar-refractivity contribution in [3.05, 3.63) is 34.7 Å². The first-order chi connectivity index (χ1) is 9.65. The second-order valence-electron chi connectivity index (χ2n) is 4.46. The molecule has 5 heteroatoms. The van der Waals surface area contributed by atoms with Crippen molar-refractivity contribution in [1.82, 2.24) is 4.90 Å². The Morgan fingerprint density at radius 1 is 1.25 bits per heavy atom. The van der Waals surface area contributed by atoms with Crippen molar-refractivity contribution in [2.45, 2.75) is 19.8 Å². The fourth-order valence-electron chi connectivity index (χ4n) is 1.86. The number of hydrogen-bond acceptors (Lipinski definition) is 4. The number of nitrogens with zero attached hydrogens (tertiary/aromatic N) is 1. The van der Waals surface area contributed by atoms with E-state index in [2.05, 4.69) is 0 Å². The summed E-state index contributed by atoms with van der Waals surface area (Å²) in [5, 5.41) is -0.178. The minimum absolute atomic E-state index is 0.178. The SMILES string of the molecule is CCCCN1C(=O)SC(=Cc2ccc(OC)cc2)C1=O. The lowest BCUT2D eigenvalue weighted by atomic mass is 10.2. The third kappa shape index (κ3) is 3.22. The topological polar surface area (TPSA) is 46.6 Å². The summed E-state index contributed by atoms with van der Waals surface area (Å²) in [5.41, 5.74) is 0.881. The molecule has 2 amide bonds. The van der Waals surface area contributed by atoms with Crippen LogP contribution in [-0.2, 0) is 4.79 Å². The van der Waals surface area contributed by atoms with Crippen LogP contribution in [0, 0.1) is 0 Å². The average Bonchev–Trinajstić information content (AvgIpc) is 2.72. The molecule has 0 aromatic heterocycles. The minimum Gasteiger partial charge on any atom is -0.497 e. The fourth-order valence-corrected chi connectivity index (χ4v) is 2.73. The molecule has 0 atom stereocenters. The first kappa shape index (κ1) is 14.7. The van der Waals surface area contributed by atoms with Crippen molar-refractivity contribution < 1.29 is 14.3 Å². The molecule has 0 bridgehead atoms. The number of hydrogen-bond donors (Lipinski definition) is 0. The van der Waals surface area contributed by atoms with Crippen molar-refractivity contribution in [2.24, 2.45) is 0 Å². The molecule has 0 unspecified atom stereocenters. The van der Waals surface area contributed by atoms with Gasteiger partial charge in [-0.3, -0.25) is 14.5 Å². The molecule has 106 valence electrons. The van der Waals surface area contributed by atoms with E-state index < -0.39 is 0 Å². The quantitative estimate of drug-likeness (QED) is 0.779. The molecule has 1 heterocycles. The lowest BCUT2D eigenvalue weighted by molar-refractivity contribution is -0.122. The highest BCUT2D eigenvalue weighted by Crippen LogP contribution is 2.32. The summed E-state index contributed by atoms with van der Waals surface area (Å²) in [7, 11) is 1.61. The molecular formula is C15H17NO3S. The molecule has 0 spiro atoms. The smallest absolute Gasteiger partial charge is 0.293 e. The van der Waals surface area contributed by atoms with Crippen LogP contribution >= 0.6 is 11.8 Å². The maximum Gasteiger partial charge on any atom is 0.293 e. The van der Waals surface area contributed by atoms with Crippen LogP contribution < -0.4 is 4.74 Å². The van der Waals surface area contributed by atoms with E-state index in [0.29, 0.717) is 11.4 Å². The number of carbonyl (C=O) groups excluding carboxylic acids is 2. The number of unbranched alkanes of at least 4 members (excludes halogenated alkanes) is 1. The van der Waals surface area contributed by atoms with E-state index in [0.717, 1.165) is 35.9 Å². The zero-order valence-electron chi connectivity index (χ0n) is 11.6. The van der Waals surface area contributed by atoms with Crippen LogP contribution in [0.5, 0.6) is 5.75 Å². The third-order valence-electron chi connectivity index (χ3n) is 3.02. The van der Waals surface area contributed by atoms with Gasteiger partial charge in [-0.25, -0.2) is 0 Å².